The minimum absolute atomic E-state index is 0.00282. The molecule has 1 saturated carbocycles. The van der Waals surface area contributed by atoms with Crippen molar-refractivity contribution in [2.24, 2.45) is 0 Å². The average Bonchev–Trinajstić information content (AvgIpc) is 3.35. The van der Waals surface area contributed by atoms with Crippen LogP contribution >= 0.6 is 11.9 Å². The van der Waals surface area contributed by atoms with E-state index in [2.05, 4.69) is 14.5 Å². The molecule has 5 rings (SSSR count). The molecule has 3 aliphatic rings. The Hall–Kier alpha value is -1.80. The van der Waals surface area contributed by atoms with E-state index < -0.39 is 0 Å². The summed E-state index contributed by atoms with van der Waals surface area (Å²) in [5.74, 6) is -0.893. The van der Waals surface area contributed by atoms with Crippen molar-refractivity contribution >= 4 is 11.9 Å². The molecule has 0 amide bonds. The third-order valence-electron chi connectivity index (χ3n) is 7.14. The van der Waals surface area contributed by atoms with Gasteiger partial charge in [-0.2, -0.15) is 0 Å². The van der Waals surface area contributed by atoms with E-state index in [1.807, 2.05) is 19.2 Å². The second-order valence-electron chi connectivity index (χ2n) is 9.09. The van der Waals surface area contributed by atoms with Crippen molar-refractivity contribution < 1.29 is 13.2 Å². The first-order valence-electron chi connectivity index (χ1n) is 11.2. The second-order valence-corrected chi connectivity index (χ2v) is 10.3. The number of benzene rings is 2. The highest BCUT2D eigenvalue weighted by atomic mass is 32.2. The van der Waals surface area contributed by atoms with E-state index in [1.54, 1.807) is 11.9 Å². The summed E-state index contributed by atoms with van der Waals surface area (Å²) >= 11 is 1.69. The van der Waals surface area contributed by atoms with Crippen LogP contribution in [0.5, 0.6) is 0 Å². The summed E-state index contributed by atoms with van der Waals surface area (Å²) in [6, 6.07) is 11.0. The van der Waals surface area contributed by atoms with Crippen molar-refractivity contribution in [3.05, 3.63) is 76.6 Å². The standard InChI is InChI=1S/C25H28F3N3S/c1-29-25-11-20(5-8-22(25)23-10-19(27)4-9-24(23)28)30-12-16-14-31(15-17(16)13-30)32-21-6-2-18(26)3-7-21/h2-4,6-7,9-10,20,22,25,29H,5,8,11-15H2,1H3/t20?,22-,25?/m1/s1. The zero-order chi connectivity index (χ0) is 22.2. The van der Waals surface area contributed by atoms with E-state index in [0.29, 0.717) is 11.6 Å². The van der Waals surface area contributed by atoms with Crippen LogP contribution in [0.1, 0.15) is 30.7 Å². The van der Waals surface area contributed by atoms with Gasteiger partial charge in [-0.3, -0.25) is 4.90 Å². The van der Waals surface area contributed by atoms with Crippen LogP contribution in [-0.4, -0.2) is 54.5 Å². The van der Waals surface area contributed by atoms with Gasteiger partial charge < -0.3 is 5.32 Å². The summed E-state index contributed by atoms with van der Waals surface area (Å²) < 4.78 is 43.6. The van der Waals surface area contributed by atoms with Gasteiger partial charge in [-0.25, -0.2) is 17.5 Å². The number of hydrogen-bond donors (Lipinski definition) is 1. The normalized spacial score (nSPS) is 26.7. The Bertz CT molecular complexity index is 992. The number of rotatable bonds is 5. The molecule has 2 aliphatic heterocycles. The number of halogens is 3. The molecule has 2 unspecified atom stereocenters. The van der Waals surface area contributed by atoms with Gasteiger partial charge in [0.15, 0.2) is 0 Å². The maximum absolute atomic E-state index is 14.4. The molecule has 3 nitrogen and oxygen atoms in total. The molecule has 1 fully saturated rings. The summed E-state index contributed by atoms with van der Waals surface area (Å²) in [5.41, 5.74) is 3.50. The molecule has 0 spiro atoms. The van der Waals surface area contributed by atoms with Gasteiger partial charge in [0.05, 0.1) is 0 Å². The Morgan fingerprint density at radius 2 is 1.56 bits per heavy atom. The van der Waals surface area contributed by atoms with Gasteiger partial charge in [-0.15, -0.1) is 0 Å². The zero-order valence-electron chi connectivity index (χ0n) is 18.2. The molecule has 3 atom stereocenters. The first kappa shape index (κ1) is 22.0. The fraction of sp³-hybridized carbons (Fsp3) is 0.440. The number of likely N-dealkylation sites (N-methyl/N-ethyl adjacent to an activating group) is 1. The fourth-order valence-corrected chi connectivity index (χ4v) is 6.51. The predicted octanol–water partition coefficient (Wildman–Crippen LogP) is 4.96. The highest BCUT2D eigenvalue weighted by Crippen LogP contribution is 2.40. The van der Waals surface area contributed by atoms with E-state index in [1.165, 1.54) is 41.5 Å². The summed E-state index contributed by atoms with van der Waals surface area (Å²) in [4.78, 5) is 3.62. The molecule has 1 aliphatic carbocycles. The number of nitrogens with zero attached hydrogens (tertiary/aromatic N) is 2. The lowest BCUT2D eigenvalue weighted by atomic mass is 9.77. The van der Waals surface area contributed by atoms with Crippen LogP contribution in [0.3, 0.4) is 0 Å². The van der Waals surface area contributed by atoms with Crippen LogP contribution < -0.4 is 5.32 Å². The second kappa shape index (κ2) is 9.21. The molecule has 2 aromatic rings. The van der Waals surface area contributed by atoms with Crippen LogP contribution in [0, 0.1) is 17.5 Å². The molecule has 7 heteroatoms. The minimum atomic E-state index is -0.374. The first-order valence-corrected chi connectivity index (χ1v) is 12.0. The van der Waals surface area contributed by atoms with Gasteiger partial charge in [-0.05, 0) is 97.4 Å². The van der Waals surface area contributed by atoms with Gasteiger partial charge >= 0.3 is 0 Å². The molecule has 0 aromatic heterocycles. The van der Waals surface area contributed by atoms with E-state index >= 15 is 0 Å². The largest absolute Gasteiger partial charge is 0.316 e. The van der Waals surface area contributed by atoms with Gasteiger partial charge in [0, 0.05) is 49.1 Å². The van der Waals surface area contributed by atoms with E-state index in [9.17, 15) is 13.2 Å². The molecular formula is C25H28F3N3S. The summed E-state index contributed by atoms with van der Waals surface area (Å²) in [6.45, 7) is 3.84. The molecule has 2 heterocycles. The van der Waals surface area contributed by atoms with E-state index in [4.69, 9.17) is 0 Å². The molecule has 170 valence electrons. The van der Waals surface area contributed by atoms with Crippen LogP contribution in [0.15, 0.2) is 58.5 Å². The van der Waals surface area contributed by atoms with Crippen LogP contribution in [0.2, 0.25) is 0 Å². The van der Waals surface area contributed by atoms with Gasteiger partial charge in [0.25, 0.3) is 0 Å². The Labute approximate surface area is 191 Å². The van der Waals surface area contributed by atoms with E-state index in [-0.39, 0.29) is 29.4 Å². The van der Waals surface area contributed by atoms with E-state index in [0.717, 1.165) is 50.3 Å². The Morgan fingerprint density at radius 1 is 0.875 bits per heavy atom. The molecule has 0 saturated heterocycles. The monoisotopic (exact) mass is 459 g/mol. The molecular weight excluding hydrogens is 431 g/mol. The molecule has 0 radical (unpaired) electrons. The quantitative estimate of drug-likeness (QED) is 0.503. The maximum Gasteiger partial charge on any atom is 0.126 e. The number of nitrogens with one attached hydrogen (secondary N) is 1. The first-order chi connectivity index (χ1) is 15.5. The van der Waals surface area contributed by atoms with Gasteiger partial charge in [0.1, 0.15) is 17.5 Å². The highest BCUT2D eigenvalue weighted by molar-refractivity contribution is 7.97. The minimum Gasteiger partial charge on any atom is -0.316 e. The number of hydrogen-bond acceptors (Lipinski definition) is 4. The van der Waals surface area contributed by atoms with Crippen molar-refractivity contribution in [3.63, 3.8) is 0 Å². The lowest BCUT2D eigenvalue weighted by molar-refractivity contribution is 0.157. The lowest BCUT2D eigenvalue weighted by Gasteiger charge is -2.41. The summed E-state index contributed by atoms with van der Waals surface area (Å²) in [5, 5.41) is 3.37. The van der Waals surface area contributed by atoms with Crippen molar-refractivity contribution in [3.8, 4) is 0 Å². The molecule has 1 N–H and O–H groups in total. The average molecular weight is 460 g/mol. The maximum atomic E-state index is 14.4. The SMILES string of the molecule is CNC1CC(N2CC3=C(CN(Sc4ccc(F)cc4)C3)C2)CC[C@@H]1c1cc(F)ccc1F. The predicted molar refractivity (Wildman–Crippen MR) is 122 cm³/mol. The van der Waals surface area contributed by atoms with Crippen LogP contribution in [0.25, 0.3) is 0 Å². The van der Waals surface area contributed by atoms with Crippen LogP contribution in [-0.2, 0) is 0 Å². The van der Waals surface area contributed by atoms with Crippen molar-refractivity contribution in [2.75, 3.05) is 33.2 Å². The zero-order valence-corrected chi connectivity index (χ0v) is 19.0. The molecule has 2 aromatic carbocycles. The van der Waals surface area contributed by atoms with Crippen LogP contribution in [0.4, 0.5) is 13.2 Å². The van der Waals surface area contributed by atoms with Crippen molar-refractivity contribution in [2.45, 2.75) is 42.2 Å². The fourth-order valence-electron chi connectivity index (χ4n) is 5.51. The van der Waals surface area contributed by atoms with Crippen molar-refractivity contribution in [1.82, 2.24) is 14.5 Å². The van der Waals surface area contributed by atoms with Gasteiger partial charge in [0.2, 0.25) is 0 Å². The summed E-state index contributed by atoms with van der Waals surface area (Å²) in [6.07, 6.45) is 2.78. The third kappa shape index (κ3) is 4.49. The third-order valence-corrected chi connectivity index (χ3v) is 8.14. The topological polar surface area (TPSA) is 18.5 Å². The lowest BCUT2D eigenvalue weighted by Crippen LogP contribution is -2.47. The molecule has 0 bridgehead atoms. The van der Waals surface area contributed by atoms with Crippen molar-refractivity contribution in [1.29, 1.82) is 0 Å². The smallest absolute Gasteiger partial charge is 0.126 e. The highest BCUT2D eigenvalue weighted by Gasteiger charge is 2.38. The molecule has 32 heavy (non-hydrogen) atoms. The summed E-state index contributed by atoms with van der Waals surface area (Å²) in [7, 11) is 1.92. The van der Waals surface area contributed by atoms with Gasteiger partial charge in [-0.1, -0.05) is 0 Å². The Balaban J connectivity index is 1.18. The Kier molecular flexibility index (Phi) is 6.34. The Morgan fingerprint density at radius 3 is 2.25 bits per heavy atom.